The molecule has 2 fully saturated rings. The van der Waals surface area contributed by atoms with Crippen molar-refractivity contribution in [2.45, 2.75) is 25.6 Å². The second-order valence-corrected chi connectivity index (χ2v) is 8.54. The van der Waals surface area contributed by atoms with Gasteiger partial charge in [-0.3, -0.25) is 4.79 Å². The number of nitrogens with one attached hydrogen (secondary N) is 1. The van der Waals surface area contributed by atoms with Crippen molar-refractivity contribution in [1.82, 2.24) is 9.62 Å². The standard InChI is InChI=1S/C17H24N2O4S/c1-13-10-16(13)17(20)18-11-14-4-2-3-5-15(14)12-24(21,22)19-6-8-23-9-7-19/h2-5,13,16H,6-12H2,1H3,(H,18,20)/t13-,16-/m0/s1. The van der Waals surface area contributed by atoms with E-state index in [1.54, 1.807) is 0 Å². The molecule has 132 valence electrons. The van der Waals surface area contributed by atoms with E-state index in [-0.39, 0.29) is 17.6 Å². The Morgan fingerprint density at radius 1 is 1.25 bits per heavy atom. The predicted molar refractivity (Wildman–Crippen MR) is 90.6 cm³/mol. The van der Waals surface area contributed by atoms with Crippen LogP contribution in [0.3, 0.4) is 0 Å². The van der Waals surface area contributed by atoms with Gasteiger partial charge in [0.05, 0.1) is 19.0 Å². The molecule has 1 aliphatic heterocycles. The van der Waals surface area contributed by atoms with Crippen molar-refractivity contribution in [3.63, 3.8) is 0 Å². The smallest absolute Gasteiger partial charge is 0.223 e. The van der Waals surface area contributed by atoms with Crippen LogP contribution in [0.5, 0.6) is 0 Å². The van der Waals surface area contributed by atoms with E-state index in [4.69, 9.17) is 4.74 Å². The van der Waals surface area contributed by atoms with E-state index in [1.165, 1.54) is 4.31 Å². The molecule has 1 saturated carbocycles. The van der Waals surface area contributed by atoms with Gasteiger partial charge in [-0.25, -0.2) is 8.42 Å². The van der Waals surface area contributed by atoms with Gasteiger partial charge in [0.25, 0.3) is 0 Å². The van der Waals surface area contributed by atoms with Gasteiger partial charge < -0.3 is 10.1 Å². The van der Waals surface area contributed by atoms with Gasteiger partial charge in [0.2, 0.25) is 15.9 Å². The van der Waals surface area contributed by atoms with Crippen molar-refractivity contribution in [2.24, 2.45) is 11.8 Å². The highest BCUT2D eigenvalue weighted by Gasteiger charge is 2.38. The number of benzene rings is 1. The molecule has 1 aromatic carbocycles. The second-order valence-electron chi connectivity index (χ2n) is 6.57. The molecule has 1 heterocycles. The number of nitrogens with zero attached hydrogens (tertiary/aromatic N) is 1. The average Bonchev–Trinajstić information content (AvgIpc) is 3.31. The summed E-state index contributed by atoms with van der Waals surface area (Å²) in [4.78, 5) is 12.0. The summed E-state index contributed by atoms with van der Waals surface area (Å²) in [5, 5.41) is 2.93. The SMILES string of the molecule is C[C@H]1C[C@@H]1C(=O)NCc1ccccc1CS(=O)(=O)N1CCOCC1. The summed E-state index contributed by atoms with van der Waals surface area (Å²) < 4.78 is 31.9. The number of amides is 1. The van der Waals surface area contributed by atoms with Crippen LogP contribution in [-0.2, 0) is 31.9 Å². The third-order valence-electron chi connectivity index (χ3n) is 4.72. The van der Waals surface area contributed by atoms with Gasteiger partial charge in [-0.15, -0.1) is 0 Å². The summed E-state index contributed by atoms with van der Waals surface area (Å²) in [6.07, 6.45) is 0.943. The number of sulfonamides is 1. The molecule has 2 aliphatic rings. The predicted octanol–water partition coefficient (Wildman–Crippen LogP) is 1.12. The monoisotopic (exact) mass is 352 g/mol. The van der Waals surface area contributed by atoms with Gasteiger partial charge in [0, 0.05) is 25.6 Å². The highest BCUT2D eigenvalue weighted by Crippen LogP contribution is 2.37. The Balaban J connectivity index is 1.66. The van der Waals surface area contributed by atoms with Crippen molar-refractivity contribution in [2.75, 3.05) is 26.3 Å². The van der Waals surface area contributed by atoms with Crippen LogP contribution in [0, 0.1) is 11.8 Å². The van der Waals surface area contributed by atoms with Gasteiger partial charge in [0.15, 0.2) is 0 Å². The van der Waals surface area contributed by atoms with Crippen LogP contribution < -0.4 is 5.32 Å². The fourth-order valence-electron chi connectivity index (χ4n) is 2.98. The zero-order valence-corrected chi connectivity index (χ0v) is 14.7. The first kappa shape index (κ1) is 17.4. The summed E-state index contributed by atoms with van der Waals surface area (Å²) in [5.74, 6) is 0.600. The summed E-state index contributed by atoms with van der Waals surface area (Å²) >= 11 is 0. The molecule has 0 bridgehead atoms. The van der Waals surface area contributed by atoms with Crippen LogP contribution in [0.2, 0.25) is 0 Å². The van der Waals surface area contributed by atoms with E-state index >= 15 is 0 Å². The lowest BCUT2D eigenvalue weighted by atomic mass is 10.1. The third-order valence-corrected chi connectivity index (χ3v) is 6.55. The molecule has 6 nitrogen and oxygen atoms in total. The zero-order chi connectivity index (χ0) is 17.2. The number of rotatable bonds is 6. The van der Waals surface area contributed by atoms with Crippen LogP contribution in [0.25, 0.3) is 0 Å². The number of hydrogen-bond donors (Lipinski definition) is 1. The second kappa shape index (κ2) is 7.21. The minimum atomic E-state index is -3.37. The molecule has 3 rings (SSSR count). The maximum absolute atomic E-state index is 12.6. The molecule has 7 heteroatoms. The Kier molecular flexibility index (Phi) is 5.22. The molecule has 0 aromatic heterocycles. The van der Waals surface area contributed by atoms with E-state index in [2.05, 4.69) is 12.2 Å². The van der Waals surface area contributed by atoms with E-state index in [0.717, 1.165) is 17.5 Å². The number of morpholine rings is 1. The molecule has 1 saturated heterocycles. The van der Waals surface area contributed by atoms with Crippen LogP contribution >= 0.6 is 0 Å². The van der Waals surface area contributed by atoms with Gasteiger partial charge >= 0.3 is 0 Å². The van der Waals surface area contributed by atoms with E-state index in [0.29, 0.717) is 38.8 Å². The van der Waals surface area contributed by atoms with Crippen molar-refractivity contribution in [1.29, 1.82) is 0 Å². The highest BCUT2D eigenvalue weighted by atomic mass is 32.2. The Labute approximate surface area is 143 Å². The lowest BCUT2D eigenvalue weighted by molar-refractivity contribution is -0.122. The third kappa shape index (κ3) is 4.15. The van der Waals surface area contributed by atoms with Crippen molar-refractivity contribution in [3.8, 4) is 0 Å². The summed E-state index contributed by atoms with van der Waals surface area (Å²) in [6.45, 7) is 4.12. The largest absolute Gasteiger partial charge is 0.379 e. The first-order valence-corrected chi connectivity index (χ1v) is 9.98. The quantitative estimate of drug-likeness (QED) is 0.832. The molecule has 0 unspecified atom stereocenters. The molecule has 1 aliphatic carbocycles. The number of carbonyl (C=O) groups is 1. The van der Waals surface area contributed by atoms with Crippen molar-refractivity contribution in [3.05, 3.63) is 35.4 Å². The van der Waals surface area contributed by atoms with Crippen LogP contribution in [0.4, 0.5) is 0 Å². The Hall–Kier alpha value is -1.44. The zero-order valence-electron chi connectivity index (χ0n) is 13.9. The Morgan fingerprint density at radius 3 is 2.50 bits per heavy atom. The van der Waals surface area contributed by atoms with Crippen LogP contribution in [-0.4, -0.2) is 44.9 Å². The normalized spacial score (nSPS) is 24.5. The molecule has 1 N–H and O–H groups in total. The summed E-state index contributed by atoms with van der Waals surface area (Å²) in [6, 6.07) is 7.39. The van der Waals surface area contributed by atoms with Crippen molar-refractivity contribution >= 4 is 15.9 Å². The molecule has 1 amide bonds. The van der Waals surface area contributed by atoms with Crippen LogP contribution in [0.1, 0.15) is 24.5 Å². The minimum Gasteiger partial charge on any atom is -0.379 e. The number of hydrogen-bond acceptors (Lipinski definition) is 4. The van der Waals surface area contributed by atoms with Gasteiger partial charge in [-0.05, 0) is 23.5 Å². The van der Waals surface area contributed by atoms with Crippen molar-refractivity contribution < 1.29 is 17.9 Å². The topological polar surface area (TPSA) is 75.7 Å². The van der Waals surface area contributed by atoms with Gasteiger partial charge in [-0.1, -0.05) is 31.2 Å². The lowest BCUT2D eigenvalue weighted by Crippen LogP contribution is -2.41. The Bertz CT molecular complexity index is 698. The number of ether oxygens (including phenoxy) is 1. The maximum Gasteiger partial charge on any atom is 0.223 e. The van der Waals surface area contributed by atoms with E-state index in [9.17, 15) is 13.2 Å². The maximum atomic E-state index is 12.6. The molecule has 0 radical (unpaired) electrons. The van der Waals surface area contributed by atoms with E-state index < -0.39 is 10.0 Å². The first-order chi connectivity index (χ1) is 11.5. The Morgan fingerprint density at radius 2 is 1.88 bits per heavy atom. The van der Waals surface area contributed by atoms with Gasteiger partial charge in [-0.2, -0.15) is 4.31 Å². The fraction of sp³-hybridized carbons (Fsp3) is 0.588. The average molecular weight is 352 g/mol. The molecule has 2 atom stereocenters. The molecule has 0 spiro atoms. The molecular formula is C17H24N2O4S. The first-order valence-electron chi connectivity index (χ1n) is 8.37. The lowest BCUT2D eigenvalue weighted by Gasteiger charge is -2.26. The van der Waals surface area contributed by atoms with Crippen LogP contribution in [0.15, 0.2) is 24.3 Å². The molecular weight excluding hydrogens is 328 g/mol. The minimum absolute atomic E-state index is 0.0428. The molecule has 1 aromatic rings. The molecule has 24 heavy (non-hydrogen) atoms. The van der Waals surface area contributed by atoms with E-state index in [1.807, 2.05) is 24.3 Å². The van der Waals surface area contributed by atoms with Gasteiger partial charge in [0.1, 0.15) is 0 Å². The number of carbonyl (C=O) groups excluding carboxylic acids is 1. The fourth-order valence-corrected chi connectivity index (χ4v) is 4.55. The summed E-state index contributed by atoms with van der Waals surface area (Å²) in [5.41, 5.74) is 1.60. The highest BCUT2D eigenvalue weighted by molar-refractivity contribution is 7.88. The summed E-state index contributed by atoms with van der Waals surface area (Å²) in [7, 11) is -3.37.